The van der Waals surface area contributed by atoms with Crippen LogP contribution < -0.4 is 15.8 Å². The Labute approximate surface area is 295 Å². The van der Waals surface area contributed by atoms with E-state index in [2.05, 4.69) is 42.2 Å². The Morgan fingerprint density at radius 2 is 1.92 bits per heavy atom. The van der Waals surface area contributed by atoms with E-state index < -0.39 is 5.82 Å². The number of piperidine rings is 1. The van der Waals surface area contributed by atoms with Gasteiger partial charge in [-0.3, -0.25) is 14.7 Å². The van der Waals surface area contributed by atoms with Crippen LogP contribution in [-0.2, 0) is 24.9 Å². The molecule has 0 bridgehead atoms. The van der Waals surface area contributed by atoms with Crippen LogP contribution in [0.4, 0.5) is 4.39 Å². The summed E-state index contributed by atoms with van der Waals surface area (Å²) in [6.07, 6.45) is 5.97. The first kappa shape index (κ1) is 36.5. The van der Waals surface area contributed by atoms with E-state index in [9.17, 15) is 9.18 Å². The fraction of sp³-hybridized carbons (Fsp3) is 0.333. The van der Waals surface area contributed by atoms with Gasteiger partial charge >= 0.3 is 0 Å². The van der Waals surface area contributed by atoms with Crippen LogP contribution in [0.5, 0.6) is 5.88 Å². The van der Waals surface area contributed by atoms with Gasteiger partial charge in [0.2, 0.25) is 5.88 Å². The first-order chi connectivity index (χ1) is 24.4. The van der Waals surface area contributed by atoms with E-state index in [-0.39, 0.29) is 12.5 Å². The lowest BCUT2D eigenvalue weighted by molar-refractivity contribution is 0.0367. The molecule has 2 saturated heterocycles. The molecule has 0 unspecified atom stereocenters. The van der Waals surface area contributed by atoms with Crippen molar-refractivity contribution in [2.75, 3.05) is 33.4 Å². The van der Waals surface area contributed by atoms with Crippen molar-refractivity contribution < 1.29 is 18.7 Å². The maximum atomic E-state index is 14.1. The quantitative estimate of drug-likeness (QED) is 0.234. The van der Waals surface area contributed by atoms with E-state index in [1.165, 1.54) is 32.1 Å². The number of likely N-dealkylation sites (tertiary alicyclic amines) is 1. The summed E-state index contributed by atoms with van der Waals surface area (Å²) < 4.78 is 26.7. The highest BCUT2D eigenvalue weighted by Gasteiger charge is 2.24. The van der Waals surface area contributed by atoms with E-state index in [1.54, 1.807) is 30.3 Å². The van der Waals surface area contributed by atoms with Crippen molar-refractivity contribution in [3.63, 3.8) is 0 Å². The van der Waals surface area contributed by atoms with Crippen molar-refractivity contribution in [1.29, 1.82) is 0 Å². The normalized spacial score (nSPS) is 16.5. The number of aromatic nitrogens is 3. The van der Waals surface area contributed by atoms with Crippen LogP contribution >= 0.6 is 11.6 Å². The number of amidine groups is 1. The standard InChI is InChI=1S/C32H30ClFN8O2.C3H6O.CH5N/c1-35-16-27-31(37-19-36-27)40-32(43)21-7-9-28-26(14-21)38-29(41(28)2)17-42-12-10-20(11-13-42)25-4-3-5-30(39-25)44-18-22-6-8-23(33)15-24(22)34;1-2-4-3-1;1-2/h3-9,14-16,19-20H,1,10-13,17-18H2,2H3,(H,36,37,40,43);1-3H2;2H2,1H3/b27-16+;;. The van der Waals surface area contributed by atoms with Gasteiger partial charge in [-0.1, -0.05) is 23.7 Å². The number of hydrogen-bond donors (Lipinski definition) is 2. The van der Waals surface area contributed by atoms with Gasteiger partial charge in [0, 0.05) is 54.1 Å². The number of imidazole rings is 1. The zero-order valence-electron chi connectivity index (χ0n) is 28.2. The molecular weight excluding hydrogens is 661 g/mol. The number of nitrogens with zero attached hydrogens (tertiary/aromatic N) is 7. The minimum Gasteiger partial charge on any atom is -0.473 e. The molecule has 0 saturated carbocycles. The number of halogens is 2. The largest absolute Gasteiger partial charge is 0.473 e. The Morgan fingerprint density at radius 3 is 2.62 bits per heavy atom. The summed E-state index contributed by atoms with van der Waals surface area (Å²) in [5.74, 6) is 1.33. The number of hydrogen-bond acceptors (Lipinski definition) is 10. The molecule has 0 radical (unpaired) electrons. The van der Waals surface area contributed by atoms with Gasteiger partial charge in [0.15, 0.2) is 5.84 Å². The highest BCUT2D eigenvalue weighted by molar-refractivity contribution is 6.30. The second-order valence-electron chi connectivity index (χ2n) is 11.6. The Hall–Kier alpha value is -4.82. The lowest BCUT2D eigenvalue weighted by Gasteiger charge is -2.31. The lowest BCUT2D eigenvalue weighted by Crippen LogP contribution is -2.33. The molecule has 14 heteroatoms. The van der Waals surface area contributed by atoms with Gasteiger partial charge in [-0.15, -0.1) is 0 Å². The maximum Gasteiger partial charge on any atom is 0.256 e. The molecule has 7 rings (SSSR count). The lowest BCUT2D eigenvalue weighted by atomic mass is 9.93. The highest BCUT2D eigenvalue weighted by Crippen LogP contribution is 2.29. The monoisotopic (exact) mass is 701 g/mol. The molecule has 0 aliphatic carbocycles. The van der Waals surface area contributed by atoms with E-state index >= 15 is 0 Å². The predicted octanol–water partition coefficient (Wildman–Crippen LogP) is 5.41. The molecule has 0 spiro atoms. The summed E-state index contributed by atoms with van der Waals surface area (Å²) >= 11 is 5.85. The second kappa shape index (κ2) is 17.7. The Morgan fingerprint density at radius 1 is 1.16 bits per heavy atom. The minimum absolute atomic E-state index is 0.0814. The maximum absolute atomic E-state index is 14.1. The van der Waals surface area contributed by atoms with Gasteiger partial charge in [-0.25, -0.2) is 24.3 Å². The summed E-state index contributed by atoms with van der Waals surface area (Å²) in [5.41, 5.74) is 8.52. The van der Waals surface area contributed by atoms with Crippen molar-refractivity contribution in [2.45, 2.75) is 38.3 Å². The molecule has 2 aromatic carbocycles. The van der Waals surface area contributed by atoms with Crippen LogP contribution in [0.1, 0.15) is 52.6 Å². The third-order valence-electron chi connectivity index (χ3n) is 8.39. The van der Waals surface area contributed by atoms with Crippen LogP contribution in [-0.4, -0.2) is 77.6 Å². The molecule has 3 aliphatic rings. The van der Waals surface area contributed by atoms with Gasteiger partial charge in [-0.2, -0.15) is 0 Å². The number of pyridine rings is 1. The van der Waals surface area contributed by atoms with E-state index in [1.807, 2.05) is 25.2 Å². The van der Waals surface area contributed by atoms with Crippen LogP contribution in [0.15, 0.2) is 81.5 Å². The molecule has 3 N–H and O–H groups in total. The number of nitrogens with one attached hydrogen (secondary N) is 1. The van der Waals surface area contributed by atoms with Crippen molar-refractivity contribution in [3.05, 3.63) is 100.0 Å². The van der Waals surface area contributed by atoms with E-state index in [0.717, 1.165) is 61.7 Å². The van der Waals surface area contributed by atoms with Crippen LogP contribution in [0.25, 0.3) is 11.0 Å². The van der Waals surface area contributed by atoms with Crippen LogP contribution in [0, 0.1) is 5.82 Å². The van der Waals surface area contributed by atoms with E-state index in [0.29, 0.717) is 46.0 Å². The number of aliphatic imine (C=N–C) groups is 3. The third-order valence-corrected chi connectivity index (χ3v) is 8.63. The fourth-order valence-electron chi connectivity index (χ4n) is 5.53. The van der Waals surface area contributed by atoms with Crippen molar-refractivity contribution in [1.82, 2.24) is 24.8 Å². The van der Waals surface area contributed by atoms with Crippen molar-refractivity contribution in [2.24, 2.45) is 27.8 Å². The molecule has 1 amide bonds. The van der Waals surface area contributed by atoms with E-state index in [4.69, 9.17) is 31.0 Å². The van der Waals surface area contributed by atoms with Crippen LogP contribution in [0.2, 0.25) is 5.02 Å². The first-order valence-electron chi connectivity index (χ1n) is 16.3. The summed E-state index contributed by atoms with van der Waals surface area (Å²) in [6.45, 7) is 7.98. The number of fused-ring (bicyclic) bond motifs is 1. The van der Waals surface area contributed by atoms with Gasteiger partial charge in [-0.05, 0) is 82.5 Å². The SMILES string of the molecule is C1COC1.C=N/C=C1/N=CN=C1NC(=O)c1ccc2c(c1)nc(CN1CCC(c3cccc(OCc4ccc(Cl)cc4F)n3)CC1)n2C.CN. The smallest absolute Gasteiger partial charge is 0.256 e. The molecule has 262 valence electrons. The molecule has 2 aromatic heterocycles. The molecule has 12 nitrogen and oxygen atoms in total. The number of aryl methyl sites for hydroxylation is 1. The number of ether oxygens (including phenoxy) is 2. The average Bonchev–Trinajstić information content (AvgIpc) is 3.67. The van der Waals surface area contributed by atoms with Gasteiger partial charge in [0.05, 0.1) is 23.8 Å². The first-order valence-corrected chi connectivity index (χ1v) is 16.7. The second-order valence-corrected chi connectivity index (χ2v) is 12.0. The fourth-order valence-corrected chi connectivity index (χ4v) is 5.68. The minimum atomic E-state index is -0.397. The number of rotatable bonds is 8. The van der Waals surface area contributed by atoms with Gasteiger partial charge in [0.25, 0.3) is 5.91 Å². The Kier molecular flexibility index (Phi) is 12.9. The Balaban J connectivity index is 0.000000745. The van der Waals surface area contributed by atoms with Crippen molar-refractivity contribution in [3.8, 4) is 5.88 Å². The number of benzene rings is 2. The summed E-state index contributed by atoms with van der Waals surface area (Å²) in [7, 11) is 3.49. The molecule has 5 heterocycles. The van der Waals surface area contributed by atoms with Crippen molar-refractivity contribution >= 4 is 47.4 Å². The number of nitrogens with two attached hydrogens (primary N) is 1. The molecule has 4 aromatic rings. The average molecular weight is 702 g/mol. The van der Waals surface area contributed by atoms with Gasteiger partial charge in [0.1, 0.15) is 30.3 Å². The predicted molar refractivity (Wildman–Crippen MR) is 195 cm³/mol. The van der Waals surface area contributed by atoms with Crippen LogP contribution in [0.3, 0.4) is 0 Å². The number of carbonyl (C=O) groups excluding carboxylic acids is 1. The number of amides is 1. The summed E-state index contributed by atoms with van der Waals surface area (Å²) in [5, 5.41) is 3.13. The molecule has 0 atom stereocenters. The third kappa shape index (κ3) is 9.24. The highest BCUT2D eigenvalue weighted by atomic mass is 35.5. The Bertz CT molecular complexity index is 1890. The molecular formula is C36H41ClFN9O3. The van der Waals surface area contributed by atoms with Gasteiger partial charge < -0.3 is 25.1 Å². The topological polar surface area (TPSA) is 145 Å². The summed E-state index contributed by atoms with van der Waals surface area (Å²) in [4.78, 5) is 36.7. The zero-order valence-corrected chi connectivity index (χ0v) is 28.9. The molecule has 50 heavy (non-hydrogen) atoms. The zero-order chi connectivity index (χ0) is 35.5. The molecule has 2 fully saturated rings. The molecule has 3 aliphatic heterocycles. The summed E-state index contributed by atoms with van der Waals surface area (Å²) in [6, 6.07) is 15.8. The number of carbonyl (C=O) groups is 1.